The lowest BCUT2D eigenvalue weighted by atomic mass is 9.36. The van der Waals surface area contributed by atoms with Gasteiger partial charge in [-0.1, -0.05) is 117 Å². The highest BCUT2D eigenvalue weighted by molar-refractivity contribution is 7.33. The zero-order valence-electron chi connectivity index (χ0n) is 49.5. The van der Waals surface area contributed by atoms with E-state index in [-0.39, 0.29) is 100 Å². The zero-order chi connectivity index (χ0) is 52.7. The fourth-order valence-corrected chi connectivity index (χ4v) is 8.12. The molecule has 0 spiro atoms. The molecule has 1 aromatic heterocycles. The van der Waals surface area contributed by atoms with Gasteiger partial charge in [-0.2, -0.15) is 0 Å². The highest BCUT2D eigenvalue weighted by atomic mass is 32.1. The topological polar surface area (TPSA) is 6.48 Å². The molecule has 0 fully saturated rings. The minimum Gasteiger partial charge on any atom is -0.311 e. The van der Waals surface area contributed by atoms with E-state index >= 15 is 0 Å². The summed E-state index contributed by atoms with van der Waals surface area (Å²) in [4.78, 5) is 2.59. The van der Waals surface area contributed by atoms with E-state index < -0.39 is 108 Å². The number of thiophene rings is 1. The van der Waals surface area contributed by atoms with Crippen LogP contribution in [0.2, 0.25) is 0 Å². The van der Waals surface area contributed by atoms with Crippen molar-refractivity contribution in [3.63, 3.8) is 0 Å². The Morgan fingerprint density at radius 1 is 0.627 bits per heavy atom. The molecule has 0 amide bonds. The summed E-state index contributed by atoms with van der Waals surface area (Å²) in [7, 11) is 0. The number of rotatable bonds is 2. The fourth-order valence-electron chi connectivity index (χ4n) is 6.91. The molecule has 0 bridgehead atoms. The van der Waals surface area contributed by atoms with E-state index in [4.69, 9.17) is 11.0 Å². The minimum absolute atomic E-state index is 0.00276. The fraction of sp³-hybridized carbons (Fsp3) is 0.319. The van der Waals surface area contributed by atoms with Gasteiger partial charge in [-0.25, -0.2) is 0 Å². The lowest BCUT2D eigenvalue weighted by Crippen LogP contribution is -2.60. The van der Waals surface area contributed by atoms with E-state index in [0.29, 0.717) is 0 Å². The third kappa shape index (κ3) is 5.36. The molecular formula is C47H51BN2S. The second kappa shape index (κ2) is 11.4. The molecule has 0 unspecified atom stereocenters. The molecule has 3 heterocycles. The van der Waals surface area contributed by atoms with Crippen molar-refractivity contribution in [3.8, 4) is 0 Å². The van der Waals surface area contributed by atoms with Crippen LogP contribution in [-0.2, 0) is 16.2 Å². The Bertz CT molecular complexity index is 3290. The van der Waals surface area contributed by atoms with Crippen LogP contribution in [0.15, 0.2) is 90.7 Å². The van der Waals surface area contributed by atoms with Crippen molar-refractivity contribution in [2.45, 2.75) is 99.2 Å². The summed E-state index contributed by atoms with van der Waals surface area (Å²) in [6.07, 6.45) is 0. The van der Waals surface area contributed by atoms with Gasteiger partial charge >= 0.3 is 0 Å². The number of nitrogens with zero attached hydrogens (tertiary/aromatic N) is 2. The average molecular weight is 706 g/mol. The Hall–Kier alpha value is -4.28. The standard InChI is InChI=1S/C47H51BN2S/c1-28-23-38-41-39(24-28)50(42-29(2)25-33(26-30(42)3)47(10,11)12)37-27-32(46(7,8)9)19-22-36(37)48(41)44-43(35-15-13-14-16-40(35)51-44)49(38)34-20-17-31(18-21-34)45(4,5)6/h13-27H,1-12H3/i1D3,2D3,13D,14D,15D,16D,17D,18D,19D,20D,21D,22D,25D,26D,27D. The Morgan fingerprint density at radius 3 is 1.90 bits per heavy atom. The second-order valence-corrected chi connectivity index (χ2v) is 17.6. The third-order valence-corrected chi connectivity index (χ3v) is 10.7. The summed E-state index contributed by atoms with van der Waals surface area (Å²) < 4.78 is 177. The first-order valence-electron chi connectivity index (χ1n) is 26.5. The Morgan fingerprint density at radius 2 is 1.25 bits per heavy atom. The van der Waals surface area contributed by atoms with Crippen LogP contribution in [0.5, 0.6) is 0 Å². The highest BCUT2D eigenvalue weighted by Gasteiger charge is 2.46. The molecule has 0 saturated heterocycles. The predicted octanol–water partition coefficient (Wildman–Crippen LogP) is 11.8. The summed E-state index contributed by atoms with van der Waals surface area (Å²) in [6, 6.07) is -3.46. The molecule has 8 rings (SSSR count). The molecule has 6 aromatic rings. The van der Waals surface area contributed by atoms with Gasteiger partial charge in [0.25, 0.3) is 6.71 Å². The molecular weight excluding hydrogens is 635 g/mol. The number of hydrogen-bond donors (Lipinski definition) is 0. The van der Waals surface area contributed by atoms with Crippen LogP contribution in [0.1, 0.15) is 122 Å². The Labute approximate surface area is 336 Å². The summed E-state index contributed by atoms with van der Waals surface area (Å²) in [5.41, 5.74) is -4.51. The predicted molar refractivity (Wildman–Crippen MR) is 226 cm³/mol. The van der Waals surface area contributed by atoms with Gasteiger partial charge in [0.05, 0.1) is 29.2 Å². The monoisotopic (exact) mass is 706 g/mol. The van der Waals surface area contributed by atoms with Gasteiger partial charge < -0.3 is 9.80 Å². The Balaban J connectivity index is 1.74. The Kier molecular flexibility index (Phi) is 4.11. The van der Waals surface area contributed by atoms with Crippen LogP contribution in [-0.4, -0.2) is 6.71 Å². The van der Waals surface area contributed by atoms with Gasteiger partial charge in [0.1, 0.15) is 0 Å². The maximum Gasteiger partial charge on any atom is 0.264 e. The van der Waals surface area contributed by atoms with Gasteiger partial charge in [0, 0.05) is 45.8 Å². The van der Waals surface area contributed by atoms with Gasteiger partial charge in [-0.05, 0) is 117 Å². The van der Waals surface area contributed by atoms with Gasteiger partial charge in [-0.3, -0.25) is 0 Å². The van der Waals surface area contributed by atoms with Crippen LogP contribution in [0.25, 0.3) is 10.1 Å². The third-order valence-electron chi connectivity index (χ3n) is 9.52. The molecule has 2 aliphatic rings. The molecule has 0 aliphatic carbocycles. The van der Waals surface area contributed by atoms with Crippen LogP contribution in [0.3, 0.4) is 0 Å². The number of hydrogen-bond acceptors (Lipinski definition) is 3. The van der Waals surface area contributed by atoms with E-state index in [1.54, 1.807) is 62.3 Å². The first-order valence-corrected chi connectivity index (χ1v) is 17.8. The molecule has 0 radical (unpaired) electrons. The van der Waals surface area contributed by atoms with E-state index in [0.717, 1.165) is 11.3 Å². The van der Waals surface area contributed by atoms with Crippen molar-refractivity contribution in [2.75, 3.05) is 9.80 Å². The van der Waals surface area contributed by atoms with Crippen LogP contribution < -0.4 is 25.5 Å². The van der Waals surface area contributed by atoms with Crippen molar-refractivity contribution >= 4 is 78.0 Å². The number of aryl methyl sites for hydroxylation is 1. The van der Waals surface area contributed by atoms with Crippen molar-refractivity contribution < 1.29 is 26.0 Å². The number of fused-ring (bicyclic) bond motifs is 6. The maximum atomic E-state index is 10.2. The minimum atomic E-state index is -3.09. The van der Waals surface area contributed by atoms with Crippen molar-refractivity contribution in [3.05, 3.63) is 124 Å². The van der Waals surface area contributed by atoms with Gasteiger partial charge in [0.2, 0.25) is 0 Å². The number of benzene rings is 5. The first kappa shape index (κ1) is 18.5. The average Bonchev–Trinajstić information content (AvgIpc) is 3.61. The summed E-state index contributed by atoms with van der Waals surface area (Å²) >= 11 is 0.895. The van der Waals surface area contributed by atoms with Crippen molar-refractivity contribution in [2.24, 2.45) is 0 Å². The molecule has 2 nitrogen and oxygen atoms in total. The molecule has 258 valence electrons. The smallest absolute Gasteiger partial charge is 0.264 e. The molecule has 5 aromatic carbocycles. The summed E-state index contributed by atoms with van der Waals surface area (Å²) in [5, 5.41) is -0.107. The lowest BCUT2D eigenvalue weighted by Gasteiger charge is -2.44. The van der Waals surface area contributed by atoms with Crippen molar-refractivity contribution in [1.82, 2.24) is 0 Å². The molecule has 0 saturated carbocycles. The SMILES string of the molecule is [2H]c1c([2H])c(C(C)(C)C)c([2H])c2c1B1c3sc4c([2H])c([2H])c([2H])c([2H])c4c3N(c3c([2H])c([2H])c(C(C)(C)C)c([2H])c3[2H])c3cc(C([2H])([2H])[2H])cc(c31)N2c1c(C)c([2H])c(C(C)(C)C)c([2H])c1C([2H])([2H])[2H]. The quantitative estimate of drug-likeness (QED) is 0.165. The van der Waals surface area contributed by atoms with Gasteiger partial charge in [-0.15, -0.1) is 11.3 Å². The zero-order valence-corrected chi connectivity index (χ0v) is 31.4. The molecule has 4 heteroatoms. The largest absolute Gasteiger partial charge is 0.311 e. The highest BCUT2D eigenvalue weighted by Crippen LogP contribution is 2.50. The number of anilines is 6. The van der Waals surface area contributed by atoms with E-state index in [1.165, 1.54) is 28.9 Å². The lowest BCUT2D eigenvalue weighted by molar-refractivity contribution is 0.589. The molecule has 2 aliphatic heterocycles. The van der Waals surface area contributed by atoms with E-state index in [9.17, 15) is 15.1 Å². The van der Waals surface area contributed by atoms with Crippen LogP contribution >= 0.6 is 11.3 Å². The first-order chi connectivity index (χ1) is 31.8. The maximum absolute atomic E-state index is 10.2. The van der Waals surface area contributed by atoms with E-state index in [1.807, 2.05) is 0 Å². The second-order valence-electron chi connectivity index (χ2n) is 16.5. The van der Waals surface area contributed by atoms with Crippen LogP contribution in [0.4, 0.5) is 34.1 Å². The van der Waals surface area contributed by atoms with Gasteiger partial charge in [0.15, 0.2) is 0 Å². The molecule has 0 N–H and O–H groups in total. The summed E-state index contributed by atoms with van der Waals surface area (Å²) in [6.45, 7) is 9.74. The van der Waals surface area contributed by atoms with E-state index in [2.05, 4.69) is 0 Å². The van der Waals surface area contributed by atoms with Crippen molar-refractivity contribution in [1.29, 1.82) is 0 Å². The van der Waals surface area contributed by atoms with Crippen LogP contribution in [0, 0.1) is 20.6 Å². The molecule has 0 atom stereocenters. The normalized spacial score (nSPS) is 20.0. The summed E-state index contributed by atoms with van der Waals surface area (Å²) in [5.74, 6) is 0. The molecule has 51 heavy (non-hydrogen) atoms.